The third-order valence-electron chi connectivity index (χ3n) is 2.17. The zero-order valence-electron chi connectivity index (χ0n) is 6.85. The van der Waals surface area contributed by atoms with Gasteiger partial charge in [0, 0.05) is 18.8 Å². The number of hydrogen-bond acceptors (Lipinski definition) is 2. The zero-order valence-corrected chi connectivity index (χ0v) is 6.85. The van der Waals surface area contributed by atoms with Gasteiger partial charge in [-0.3, -0.25) is 4.99 Å². The minimum absolute atomic E-state index is 0.568. The van der Waals surface area contributed by atoms with E-state index in [9.17, 15) is 0 Å². The Balaban J connectivity index is 2.39. The number of hydrogen-bond donors (Lipinski definition) is 1. The molecule has 0 bridgehead atoms. The predicted octanol–water partition coefficient (Wildman–Crippen LogP) is 1.22. The Labute approximate surface area is 62.7 Å². The van der Waals surface area contributed by atoms with E-state index in [-0.39, 0.29) is 0 Å². The summed E-state index contributed by atoms with van der Waals surface area (Å²) in [6.45, 7) is 3.26. The van der Waals surface area contributed by atoms with Crippen LogP contribution >= 0.6 is 0 Å². The first-order valence-corrected chi connectivity index (χ1v) is 4.01. The normalized spacial score (nSPS) is 28.6. The molecular formula is C8H16N2. The van der Waals surface area contributed by atoms with Crippen molar-refractivity contribution in [3.63, 3.8) is 0 Å². The van der Waals surface area contributed by atoms with Gasteiger partial charge in [-0.15, -0.1) is 0 Å². The molecule has 1 fully saturated rings. The fraction of sp³-hybridized carbons (Fsp3) is 0.875. The van der Waals surface area contributed by atoms with Gasteiger partial charge in [0.05, 0.1) is 0 Å². The molecule has 2 nitrogen and oxygen atoms in total. The Morgan fingerprint density at radius 3 is 2.80 bits per heavy atom. The van der Waals surface area contributed by atoms with Gasteiger partial charge in [-0.05, 0) is 26.3 Å². The van der Waals surface area contributed by atoms with E-state index in [1.165, 1.54) is 25.0 Å². The molecule has 0 saturated carbocycles. The highest BCUT2D eigenvalue weighted by atomic mass is 14.9. The minimum atomic E-state index is 0.568. The van der Waals surface area contributed by atoms with Crippen LogP contribution in [0.1, 0.15) is 26.2 Å². The van der Waals surface area contributed by atoms with Crippen LogP contribution in [0.2, 0.25) is 0 Å². The largest absolute Gasteiger partial charge is 0.309 e. The number of nitrogens with zero attached hydrogens (tertiary/aromatic N) is 1. The van der Waals surface area contributed by atoms with Crippen LogP contribution in [0, 0.1) is 0 Å². The van der Waals surface area contributed by atoms with Gasteiger partial charge in [-0.2, -0.15) is 0 Å². The first kappa shape index (κ1) is 7.73. The smallest absolute Gasteiger partial charge is 0.0447 e. The molecule has 1 rings (SSSR count). The molecule has 1 aliphatic rings. The van der Waals surface area contributed by atoms with Gasteiger partial charge >= 0.3 is 0 Å². The summed E-state index contributed by atoms with van der Waals surface area (Å²) in [6.07, 6.45) is 3.95. The summed E-state index contributed by atoms with van der Waals surface area (Å²) in [5, 5.41) is 3.44. The molecule has 1 heterocycles. The minimum Gasteiger partial charge on any atom is -0.309 e. The number of aliphatic imine (C=N–C) groups is 1. The van der Waals surface area contributed by atoms with Crippen LogP contribution in [0.4, 0.5) is 0 Å². The van der Waals surface area contributed by atoms with Crippen LogP contribution < -0.4 is 5.32 Å². The summed E-state index contributed by atoms with van der Waals surface area (Å²) >= 11 is 0. The second kappa shape index (κ2) is 3.71. The maximum absolute atomic E-state index is 4.17. The van der Waals surface area contributed by atoms with Gasteiger partial charge in [-0.25, -0.2) is 0 Å². The van der Waals surface area contributed by atoms with Crippen molar-refractivity contribution in [3.05, 3.63) is 0 Å². The molecular weight excluding hydrogens is 124 g/mol. The van der Waals surface area contributed by atoms with Gasteiger partial charge < -0.3 is 5.32 Å². The highest BCUT2D eigenvalue weighted by molar-refractivity contribution is 5.87. The average molecular weight is 140 g/mol. The first-order valence-electron chi connectivity index (χ1n) is 4.01. The molecule has 0 aromatic carbocycles. The monoisotopic (exact) mass is 140 g/mol. The molecule has 1 atom stereocenters. The van der Waals surface area contributed by atoms with E-state index in [0.29, 0.717) is 6.04 Å². The van der Waals surface area contributed by atoms with E-state index in [0.717, 1.165) is 6.54 Å². The lowest BCUT2D eigenvalue weighted by Gasteiger charge is -2.22. The second-order valence-electron chi connectivity index (χ2n) is 2.87. The quantitative estimate of drug-likeness (QED) is 0.544. The van der Waals surface area contributed by atoms with Crippen molar-refractivity contribution in [1.82, 2.24) is 5.32 Å². The van der Waals surface area contributed by atoms with E-state index in [1.807, 2.05) is 7.05 Å². The molecule has 1 saturated heterocycles. The topological polar surface area (TPSA) is 24.4 Å². The van der Waals surface area contributed by atoms with Crippen molar-refractivity contribution in [2.75, 3.05) is 13.6 Å². The van der Waals surface area contributed by atoms with Crippen LogP contribution in [0.15, 0.2) is 4.99 Å². The third kappa shape index (κ3) is 1.81. The average Bonchev–Trinajstić information content (AvgIpc) is 2.05. The Hall–Kier alpha value is -0.370. The SMILES string of the molecule is CN=C(C)C1CCCCN1. The van der Waals surface area contributed by atoms with E-state index >= 15 is 0 Å². The van der Waals surface area contributed by atoms with Gasteiger partial charge in [0.2, 0.25) is 0 Å². The lowest BCUT2D eigenvalue weighted by molar-refractivity contribution is 0.470. The van der Waals surface area contributed by atoms with Crippen molar-refractivity contribution in [2.24, 2.45) is 4.99 Å². The van der Waals surface area contributed by atoms with Crippen LogP contribution in [0.3, 0.4) is 0 Å². The molecule has 0 radical (unpaired) electrons. The van der Waals surface area contributed by atoms with E-state index in [2.05, 4.69) is 17.2 Å². The van der Waals surface area contributed by atoms with E-state index in [1.54, 1.807) is 0 Å². The van der Waals surface area contributed by atoms with Crippen molar-refractivity contribution in [3.8, 4) is 0 Å². The van der Waals surface area contributed by atoms with Crippen LogP contribution in [0.5, 0.6) is 0 Å². The Morgan fingerprint density at radius 1 is 1.50 bits per heavy atom. The summed E-state index contributed by atoms with van der Waals surface area (Å²) < 4.78 is 0. The van der Waals surface area contributed by atoms with Crippen LogP contribution in [-0.4, -0.2) is 25.3 Å². The molecule has 2 heteroatoms. The molecule has 0 spiro atoms. The summed E-state index contributed by atoms with van der Waals surface area (Å²) in [6, 6.07) is 0.568. The molecule has 0 aromatic heterocycles. The fourth-order valence-electron chi connectivity index (χ4n) is 1.36. The van der Waals surface area contributed by atoms with Crippen molar-refractivity contribution < 1.29 is 0 Å². The molecule has 1 aliphatic heterocycles. The van der Waals surface area contributed by atoms with E-state index < -0.39 is 0 Å². The zero-order chi connectivity index (χ0) is 7.40. The highest BCUT2D eigenvalue weighted by Crippen LogP contribution is 2.07. The molecule has 1 unspecified atom stereocenters. The maximum Gasteiger partial charge on any atom is 0.0447 e. The van der Waals surface area contributed by atoms with Crippen LogP contribution in [0.25, 0.3) is 0 Å². The van der Waals surface area contributed by atoms with Gasteiger partial charge in [0.1, 0.15) is 0 Å². The molecule has 0 aromatic rings. The Kier molecular flexibility index (Phi) is 2.87. The number of piperidine rings is 1. The summed E-state index contributed by atoms with van der Waals surface area (Å²) in [5.41, 5.74) is 1.25. The van der Waals surface area contributed by atoms with Gasteiger partial charge in [-0.1, -0.05) is 6.42 Å². The molecule has 0 aliphatic carbocycles. The van der Waals surface area contributed by atoms with E-state index in [4.69, 9.17) is 0 Å². The van der Waals surface area contributed by atoms with Crippen molar-refractivity contribution >= 4 is 5.71 Å². The van der Waals surface area contributed by atoms with Crippen molar-refractivity contribution in [2.45, 2.75) is 32.2 Å². The summed E-state index contributed by atoms with van der Waals surface area (Å²) in [4.78, 5) is 4.17. The predicted molar refractivity (Wildman–Crippen MR) is 44.7 cm³/mol. The lowest BCUT2D eigenvalue weighted by atomic mass is 10.0. The Morgan fingerprint density at radius 2 is 2.30 bits per heavy atom. The molecule has 10 heavy (non-hydrogen) atoms. The van der Waals surface area contributed by atoms with Gasteiger partial charge in [0.15, 0.2) is 0 Å². The Bertz CT molecular complexity index is 123. The highest BCUT2D eigenvalue weighted by Gasteiger charge is 2.13. The van der Waals surface area contributed by atoms with Crippen LogP contribution in [-0.2, 0) is 0 Å². The first-order chi connectivity index (χ1) is 4.84. The standard InChI is InChI=1S/C8H16N2/c1-7(9-2)8-5-3-4-6-10-8/h8,10H,3-6H2,1-2H3. The fourth-order valence-corrected chi connectivity index (χ4v) is 1.36. The second-order valence-corrected chi connectivity index (χ2v) is 2.87. The number of rotatable bonds is 1. The van der Waals surface area contributed by atoms with Crippen molar-refractivity contribution in [1.29, 1.82) is 0 Å². The molecule has 1 N–H and O–H groups in total. The molecule has 0 amide bonds. The number of nitrogens with one attached hydrogen (secondary N) is 1. The maximum atomic E-state index is 4.17. The lowest BCUT2D eigenvalue weighted by Crippen LogP contribution is -2.39. The summed E-state index contributed by atoms with van der Waals surface area (Å²) in [7, 11) is 1.87. The molecule has 58 valence electrons. The third-order valence-corrected chi connectivity index (χ3v) is 2.17. The van der Waals surface area contributed by atoms with Gasteiger partial charge in [0.25, 0.3) is 0 Å². The summed E-state index contributed by atoms with van der Waals surface area (Å²) in [5.74, 6) is 0.